The van der Waals surface area contributed by atoms with E-state index in [2.05, 4.69) is 15.3 Å². The van der Waals surface area contributed by atoms with Crippen LogP contribution in [0.2, 0.25) is 0 Å². The Balaban J connectivity index is 1.61. The molecule has 1 fully saturated rings. The molecule has 0 aliphatic carbocycles. The average molecular weight is 327 g/mol. The molecule has 1 amide bonds. The van der Waals surface area contributed by atoms with Crippen molar-refractivity contribution in [3.8, 4) is 10.6 Å². The number of hydrogen-bond donors (Lipinski definition) is 0. The minimum Gasteiger partial charge on any atom is -0.342 e. The summed E-state index contributed by atoms with van der Waals surface area (Å²) in [5.74, 6) is 0.208. The number of carbonyl (C=O) groups excluding carboxylic acids is 1. The number of nitrogens with zero attached hydrogens (tertiary/aromatic N) is 5. The van der Waals surface area contributed by atoms with Crippen LogP contribution in [-0.2, 0) is 11.2 Å². The highest BCUT2D eigenvalue weighted by molar-refractivity contribution is 7.19. The van der Waals surface area contributed by atoms with E-state index in [9.17, 15) is 4.79 Å². The van der Waals surface area contributed by atoms with Crippen LogP contribution in [0.1, 0.15) is 24.8 Å². The third-order valence-electron chi connectivity index (χ3n) is 4.19. The van der Waals surface area contributed by atoms with E-state index < -0.39 is 0 Å². The molecule has 0 unspecified atom stereocenters. The fourth-order valence-corrected chi connectivity index (χ4v) is 3.85. The molecule has 2 aromatic heterocycles. The molecule has 23 heavy (non-hydrogen) atoms. The minimum absolute atomic E-state index is 0.208. The van der Waals surface area contributed by atoms with Crippen LogP contribution >= 0.6 is 11.3 Å². The second-order valence-corrected chi connectivity index (χ2v) is 6.70. The summed E-state index contributed by atoms with van der Waals surface area (Å²) in [5, 5.41) is 13.2. The van der Waals surface area contributed by atoms with Gasteiger partial charge in [0.2, 0.25) is 10.9 Å². The van der Waals surface area contributed by atoms with Crippen LogP contribution in [0.3, 0.4) is 0 Å². The minimum atomic E-state index is 0.208. The van der Waals surface area contributed by atoms with E-state index in [0.717, 1.165) is 47.0 Å². The zero-order chi connectivity index (χ0) is 15.6. The van der Waals surface area contributed by atoms with Crippen molar-refractivity contribution in [1.29, 1.82) is 0 Å². The van der Waals surface area contributed by atoms with E-state index in [1.54, 1.807) is 10.8 Å². The van der Waals surface area contributed by atoms with Crippen molar-refractivity contribution in [1.82, 2.24) is 24.7 Å². The Morgan fingerprint density at radius 1 is 1.17 bits per heavy atom. The van der Waals surface area contributed by atoms with Crippen LogP contribution in [0, 0.1) is 0 Å². The van der Waals surface area contributed by atoms with Crippen molar-refractivity contribution in [2.75, 3.05) is 13.1 Å². The smallest absolute Gasteiger partial charge is 0.234 e. The summed E-state index contributed by atoms with van der Waals surface area (Å²) < 4.78 is 1.67. The third kappa shape index (κ3) is 2.84. The zero-order valence-electron chi connectivity index (χ0n) is 12.7. The number of likely N-dealkylation sites (tertiary alicyclic amines) is 1. The summed E-state index contributed by atoms with van der Waals surface area (Å²) >= 11 is 1.49. The number of benzene rings is 1. The van der Waals surface area contributed by atoms with E-state index in [0.29, 0.717) is 6.42 Å². The van der Waals surface area contributed by atoms with Crippen LogP contribution in [0.5, 0.6) is 0 Å². The molecule has 6 nitrogen and oxygen atoms in total. The number of piperidine rings is 1. The Morgan fingerprint density at radius 2 is 2.00 bits per heavy atom. The molecule has 0 spiro atoms. The Morgan fingerprint density at radius 3 is 2.83 bits per heavy atom. The highest BCUT2D eigenvalue weighted by Gasteiger charge is 2.19. The first-order valence-corrected chi connectivity index (χ1v) is 8.66. The van der Waals surface area contributed by atoms with Gasteiger partial charge in [-0.05, 0) is 24.8 Å². The lowest BCUT2D eigenvalue weighted by Crippen LogP contribution is -2.36. The highest BCUT2D eigenvalue weighted by atomic mass is 32.1. The first-order chi connectivity index (χ1) is 11.3. The standard InChI is InChI=1S/C16H17N5OS/c22-14(20-8-4-1-5-9-20)10-12-6-2-3-7-13(12)15-19-21-11-17-18-16(21)23-15/h2-3,6-7,11H,1,4-5,8-10H2. The van der Waals surface area contributed by atoms with E-state index in [1.807, 2.05) is 29.2 Å². The Bertz CT molecular complexity index is 805. The van der Waals surface area contributed by atoms with Gasteiger partial charge in [0.1, 0.15) is 11.3 Å². The van der Waals surface area contributed by atoms with Crippen molar-refractivity contribution >= 4 is 22.2 Å². The number of hydrogen-bond acceptors (Lipinski definition) is 5. The fourth-order valence-electron chi connectivity index (χ4n) is 2.97. The molecule has 0 bridgehead atoms. The molecule has 3 heterocycles. The molecule has 7 heteroatoms. The number of rotatable bonds is 3. The van der Waals surface area contributed by atoms with Gasteiger partial charge in [0.05, 0.1) is 6.42 Å². The lowest BCUT2D eigenvalue weighted by Gasteiger charge is -2.27. The van der Waals surface area contributed by atoms with Crippen molar-refractivity contribution in [3.63, 3.8) is 0 Å². The van der Waals surface area contributed by atoms with Gasteiger partial charge in [0, 0.05) is 18.7 Å². The van der Waals surface area contributed by atoms with Gasteiger partial charge in [0.15, 0.2) is 0 Å². The molecule has 1 aromatic carbocycles. The first-order valence-electron chi connectivity index (χ1n) is 7.84. The largest absolute Gasteiger partial charge is 0.342 e. The van der Waals surface area contributed by atoms with Gasteiger partial charge >= 0.3 is 0 Å². The molecule has 1 saturated heterocycles. The van der Waals surface area contributed by atoms with Crippen LogP contribution in [0.15, 0.2) is 30.6 Å². The molecule has 0 N–H and O–H groups in total. The number of amides is 1. The van der Waals surface area contributed by atoms with Crippen LogP contribution in [0.25, 0.3) is 15.5 Å². The molecule has 0 radical (unpaired) electrons. The normalized spacial score (nSPS) is 15.2. The molecule has 1 aliphatic rings. The maximum absolute atomic E-state index is 12.6. The summed E-state index contributed by atoms with van der Waals surface area (Å²) in [6.07, 6.45) is 5.48. The summed E-state index contributed by atoms with van der Waals surface area (Å²) in [7, 11) is 0. The van der Waals surface area contributed by atoms with Gasteiger partial charge in [-0.1, -0.05) is 35.6 Å². The van der Waals surface area contributed by atoms with Gasteiger partial charge in [-0.15, -0.1) is 10.2 Å². The average Bonchev–Trinajstić information content (AvgIpc) is 3.18. The van der Waals surface area contributed by atoms with Gasteiger partial charge in [0.25, 0.3) is 0 Å². The number of carbonyl (C=O) groups is 1. The second-order valence-electron chi connectivity index (χ2n) is 5.74. The van der Waals surface area contributed by atoms with Gasteiger partial charge in [-0.25, -0.2) is 0 Å². The predicted molar refractivity (Wildman–Crippen MR) is 88.2 cm³/mol. The molecule has 3 aromatic rings. The van der Waals surface area contributed by atoms with Gasteiger partial charge < -0.3 is 4.90 Å². The fraction of sp³-hybridized carbons (Fsp3) is 0.375. The summed E-state index contributed by atoms with van der Waals surface area (Å²) in [6.45, 7) is 1.77. The maximum Gasteiger partial charge on any atom is 0.234 e. The molecule has 0 atom stereocenters. The molecule has 1 aliphatic heterocycles. The molecular weight excluding hydrogens is 310 g/mol. The topological polar surface area (TPSA) is 63.4 Å². The summed E-state index contributed by atoms with van der Waals surface area (Å²) in [4.78, 5) is 15.3. The molecule has 118 valence electrons. The van der Waals surface area contributed by atoms with Crippen molar-refractivity contribution in [3.05, 3.63) is 36.2 Å². The third-order valence-corrected chi connectivity index (χ3v) is 5.13. The van der Waals surface area contributed by atoms with E-state index >= 15 is 0 Å². The van der Waals surface area contributed by atoms with E-state index in [1.165, 1.54) is 17.8 Å². The van der Waals surface area contributed by atoms with Gasteiger partial charge in [-0.3, -0.25) is 4.79 Å². The maximum atomic E-state index is 12.6. The Kier molecular flexibility index (Phi) is 3.78. The highest BCUT2D eigenvalue weighted by Crippen LogP contribution is 2.28. The second kappa shape index (κ2) is 6.08. The van der Waals surface area contributed by atoms with E-state index in [4.69, 9.17) is 0 Å². The SMILES string of the molecule is O=C(Cc1ccccc1-c1nn2cnnc2s1)N1CCCCC1. The predicted octanol–water partition coefficient (Wildman–Crippen LogP) is 2.41. The summed E-state index contributed by atoms with van der Waals surface area (Å²) in [5.41, 5.74) is 2.03. The number of aromatic nitrogens is 4. The Hall–Kier alpha value is -2.28. The zero-order valence-corrected chi connectivity index (χ0v) is 13.5. The van der Waals surface area contributed by atoms with Crippen molar-refractivity contribution < 1.29 is 4.79 Å². The van der Waals surface area contributed by atoms with Gasteiger partial charge in [-0.2, -0.15) is 9.61 Å². The Labute approximate surface area is 137 Å². The van der Waals surface area contributed by atoms with Crippen molar-refractivity contribution in [2.24, 2.45) is 0 Å². The molecule has 0 saturated carbocycles. The van der Waals surface area contributed by atoms with Crippen LogP contribution in [0.4, 0.5) is 0 Å². The lowest BCUT2D eigenvalue weighted by atomic mass is 10.0. The van der Waals surface area contributed by atoms with Crippen molar-refractivity contribution in [2.45, 2.75) is 25.7 Å². The van der Waals surface area contributed by atoms with Crippen LogP contribution < -0.4 is 0 Å². The first kappa shape index (κ1) is 14.3. The molecular formula is C16H17N5OS. The van der Waals surface area contributed by atoms with Crippen LogP contribution in [-0.4, -0.2) is 43.7 Å². The summed E-state index contributed by atoms with van der Waals surface area (Å²) in [6, 6.07) is 7.99. The van der Waals surface area contributed by atoms with E-state index in [-0.39, 0.29) is 5.91 Å². The quantitative estimate of drug-likeness (QED) is 0.741. The molecule has 4 rings (SSSR count). The monoisotopic (exact) mass is 327 g/mol. The lowest BCUT2D eigenvalue weighted by molar-refractivity contribution is -0.131. The number of fused-ring (bicyclic) bond motifs is 1.